The second-order valence-electron chi connectivity index (χ2n) is 5.48. The van der Waals surface area contributed by atoms with Crippen LogP contribution in [0.2, 0.25) is 5.02 Å². The topological polar surface area (TPSA) is 64.4 Å². The van der Waals surface area contributed by atoms with Crippen LogP contribution in [0.15, 0.2) is 59.3 Å². The summed E-state index contributed by atoms with van der Waals surface area (Å²) in [6.07, 6.45) is 2.50. The summed E-state index contributed by atoms with van der Waals surface area (Å²) in [6, 6.07) is 14.9. The zero-order chi connectivity index (χ0) is 17.6. The first-order valence-electron chi connectivity index (χ1n) is 7.79. The van der Waals surface area contributed by atoms with Crippen LogP contribution < -0.4 is 10.1 Å². The van der Waals surface area contributed by atoms with Gasteiger partial charge in [-0.1, -0.05) is 41.0 Å². The first-order valence-corrected chi connectivity index (χ1v) is 8.17. The molecule has 5 nitrogen and oxygen atoms in total. The Labute approximate surface area is 150 Å². The summed E-state index contributed by atoms with van der Waals surface area (Å²) in [4.78, 5) is 12.2. The lowest BCUT2D eigenvalue weighted by molar-refractivity contribution is -0.116. The van der Waals surface area contributed by atoms with Crippen molar-refractivity contribution in [1.82, 2.24) is 5.16 Å². The molecule has 3 rings (SSSR count). The van der Waals surface area contributed by atoms with Crippen LogP contribution in [0.5, 0.6) is 5.75 Å². The Morgan fingerprint density at radius 2 is 2.04 bits per heavy atom. The monoisotopic (exact) mass is 356 g/mol. The molecule has 0 aliphatic carbocycles. The minimum atomic E-state index is -0.144. The van der Waals surface area contributed by atoms with Gasteiger partial charge < -0.3 is 9.26 Å². The average Bonchev–Trinajstić information content (AvgIpc) is 3.09. The number of rotatable bonds is 6. The molecule has 1 aromatic heterocycles. The number of hydrogen-bond acceptors (Lipinski definition) is 4. The van der Waals surface area contributed by atoms with Gasteiger partial charge in [-0.3, -0.25) is 10.1 Å². The van der Waals surface area contributed by atoms with Crippen LogP contribution in [-0.4, -0.2) is 18.2 Å². The minimum Gasteiger partial charge on any atom is -0.497 e. The largest absolute Gasteiger partial charge is 0.497 e. The number of carbonyl (C=O) groups is 1. The number of aryl methyl sites for hydroxylation is 1. The van der Waals surface area contributed by atoms with E-state index in [1.54, 1.807) is 25.4 Å². The summed E-state index contributed by atoms with van der Waals surface area (Å²) < 4.78 is 10.4. The molecule has 1 amide bonds. The zero-order valence-electron chi connectivity index (χ0n) is 13.7. The Balaban J connectivity index is 1.64. The number of aromatic nitrogens is 1. The molecular formula is C19H17ClN2O3. The maximum absolute atomic E-state index is 12.2. The second kappa shape index (κ2) is 7.85. The van der Waals surface area contributed by atoms with E-state index in [-0.39, 0.29) is 5.91 Å². The number of halogens is 1. The summed E-state index contributed by atoms with van der Waals surface area (Å²) in [7, 11) is 1.62. The molecule has 0 saturated heterocycles. The molecule has 128 valence electrons. The number of anilines is 1. The van der Waals surface area contributed by atoms with E-state index >= 15 is 0 Å². The van der Waals surface area contributed by atoms with E-state index in [2.05, 4.69) is 10.5 Å². The van der Waals surface area contributed by atoms with Gasteiger partial charge in [-0.05, 0) is 41.8 Å². The minimum absolute atomic E-state index is 0.144. The highest BCUT2D eigenvalue weighted by Gasteiger charge is 2.13. The predicted octanol–water partition coefficient (Wildman–Crippen LogP) is 4.57. The smallest absolute Gasteiger partial charge is 0.239 e. The molecular weight excluding hydrogens is 340 g/mol. The summed E-state index contributed by atoms with van der Waals surface area (Å²) in [5, 5.41) is 7.19. The number of nitrogens with zero attached hydrogens (tertiary/aromatic N) is 1. The van der Waals surface area contributed by atoms with Crippen LogP contribution in [-0.2, 0) is 11.2 Å². The molecule has 0 bridgehead atoms. The summed E-state index contributed by atoms with van der Waals surface area (Å²) in [6.45, 7) is 0. The van der Waals surface area contributed by atoms with Crippen LogP contribution in [0.4, 0.5) is 5.88 Å². The number of hydrogen-bond donors (Lipinski definition) is 1. The molecule has 0 aliphatic heterocycles. The van der Waals surface area contributed by atoms with Crippen LogP contribution in [0.25, 0.3) is 11.1 Å². The van der Waals surface area contributed by atoms with E-state index < -0.39 is 0 Å². The molecule has 0 fully saturated rings. The predicted molar refractivity (Wildman–Crippen MR) is 96.9 cm³/mol. The molecule has 0 spiro atoms. The van der Waals surface area contributed by atoms with Gasteiger partial charge in [0.1, 0.15) is 5.75 Å². The lowest BCUT2D eigenvalue weighted by Crippen LogP contribution is -2.12. The van der Waals surface area contributed by atoms with E-state index in [1.165, 1.54) is 0 Å². The maximum Gasteiger partial charge on any atom is 0.239 e. The van der Waals surface area contributed by atoms with Crippen molar-refractivity contribution in [2.75, 3.05) is 12.4 Å². The second-order valence-corrected chi connectivity index (χ2v) is 5.91. The SMILES string of the molecule is COc1cccc(CCC(=O)Nc2oncc2-c2ccc(Cl)cc2)c1. The van der Waals surface area contributed by atoms with Gasteiger partial charge in [0, 0.05) is 11.4 Å². The number of ether oxygens (including phenoxy) is 1. The van der Waals surface area contributed by atoms with Crippen LogP contribution in [0.3, 0.4) is 0 Å². The van der Waals surface area contributed by atoms with E-state index in [4.69, 9.17) is 20.9 Å². The van der Waals surface area contributed by atoms with Crippen molar-refractivity contribution in [3.8, 4) is 16.9 Å². The van der Waals surface area contributed by atoms with Crippen molar-refractivity contribution in [3.63, 3.8) is 0 Å². The van der Waals surface area contributed by atoms with Crippen molar-refractivity contribution < 1.29 is 14.1 Å². The van der Waals surface area contributed by atoms with E-state index in [1.807, 2.05) is 36.4 Å². The van der Waals surface area contributed by atoms with Gasteiger partial charge in [0.25, 0.3) is 0 Å². The number of nitrogens with one attached hydrogen (secondary N) is 1. The van der Waals surface area contributed by atoms with Gasteiger partial charge >= 0.3 is 0 Å². The zero-order valence-corrected chi connectivity index (χ0v) is 14.4. The molecule has 1 N–H and O–H groups in total. The third-order valence-corrected chi connectivity index (χ3v) is 4.01. The van der Waals surface area contributed by atoms with E-state index in [9.17, 15) is 4.79 Å². The highest BCUT2D eigenvalue weighted by Crippen LogP contribution is 2.28. The van der Waals surface area contributed by atoms with Crippen LogP contribution in [0, 0.1) is 0 Å². The average molecular weight is 357 g/mol. The normalized spacial score (nSPS) is 10.5. The van der Waals surface area contributed by atoms with E-state index in [0.717, 1.165) is 16.9 Å². The molecule has 0 aliphatic rings. The quantitative estimate of drug-likeness (QED) is 0.702. The fourth-order valence-corrected chi connectivity index (χ4v) is 2.57. The van der Waals surface area contributed by atoms with Crippen molar-refractivity contribution >= 4 is 23.4 Å². The molecule has 0 saturated carbocycles. The van der Waals surface area contributed by atoms with Crippen molar-refractivity contribution in [2.45, 2.75) is 12.8 Å². The van der Waals surface area contributed by atoms with Crippen LogP contribution in [0.1, 0.15) is 12.0 Å². The Hall–Kier alpha value is -2.79. The first kappa shape index (κ1) is 17.0. The molecule has 0 unspecified atom stereocenters. The first-order chi connectivity index (χ1) is 12.2. The Bertz CT molecular complexity index is 859. The van der Waals surface area contributed by atoms with Crippen LogP contribution >= 0.6 is 11.6 Å². The molecule has 0 radical (unpaired) electrons. The maximum atomic E-state index is 12.2. The summed E-state index contributed by atoms with van der Waals surface area (Å²) in [5.74, 6) is 0.964. The van der Waals surface area contributed by atoms with E-state index in [0.29, 0.717) is 29.3 Å². The van der Waals surface area contributed by atoms with Crippen molar-refractivity contribution in [3.05, 3.63) is 65.3 Å². The molecule has 0 atom stereocenters. The summed E-state index contributed by atoms with van der Waals surface area (Å²) >= 11 is 5.90. The Morgan fingerprint density at radius 1 is 1.24 bits per heavy atom. The molecule has 1 heterocycles. The third-order valence-electron chi connectivity index (χ3n) is 3.75. The fraction of sp³-hybridized carbons (Fsp3) is 0.158. The van der Waals surface area contributed by atoms with Crippen molar-refractivity contribution in [1.29, 1.82) is 0 Å². The third kappa shape index (κ3) is 4.39. The highest BCUT2D eigenvalue weighted by atomic mass is 35.5. The Morgan fingerprint density at radius 3 is 2.80 bits per heavy atom. The van der Waals surface area contributed by atoms with Gasteiger partial charge in [-0.25, -0.2) is 0 Å². The number of amides is 1. The Kier molecular flexibility index (Phi) is 5.36. The van der Waals surface area contributed by atoms with Gasteiger partial charge in [0.05, 0.1) is 18.9 Å². The lowest BCUT2D eigenvalue weighted by atomic mass is 10.1. The van der Waals surface area contributed by atoms with Gasteiger partial charge in [-0.15, -0.1) is 0 Å². The molecule has 3 aromatic rings. The molecule has 6 heteroatoms. The number of benzene rings is 2. The fourth-order valence-electron chi connectivity index (χ4n) is 2.44. The molecule has 25 heavy (non-hydrogen) atoms. The van der Waals surface area contributed by atoms with Crippen molar-refractivity contribution in [2.24, 2.45) is 0 Å². The van der Waals surface area contributed by atoms with Gasteiger partial charge in [-0.2, -0.15) is 0 Å². The van der Waals surface area contributed by atoms with Gasteiger partial charge in [0.2, 0.25) is 11.8 Å². The highest BCUT2D eigenvalue weighted by molar-refractivity contribution is 6.30. The summed E-state index contributed by atoms with van der Waals surface area (Å²) in [5.41, 5.74) is 2.62. The standard InChI is InChI=1S/C19H17ClN2O3/c1-24-16-4-2-3-13(11-16)5-10-18(23)22-19-17(12-21-25-19)14-6-8-15(20)9-7-14/h2-4,6-9,11-12H,5,10H2,1H3,(H,22,23). The lowest BCUT2D eigenvalue weighted by Gasteiger charge is -2.06. The number of methoxy groups -OCH3 is 1. The molecule has 2 aromatic carbocycles. The van der Waals surface area contributed by atoms with Gasteiger partial charge in [0.15, 0.2) is 0 Å². The number of carbonyl (C=O) groups excluding carboxylic acids is 1.